The van der Waals surface area contributed by atoms with Crippen LogP contribution in [0.3, 0.4) is 0 Å². The lowest BCUT2D eigenvalue weighted by Gasteiger charge is -2.03. The van der Waals surface area contributed by atoms with Crippen molar-refractivity contribution < 1.29 is 9.53 Å². The quantitative estimate of drug-likeness (QED) is 0.392. The Bertz CT molecular complexity index is 831. The highest BCUT2D eigenvalue weighted by Gasteiger charge is 2.12. The monoisotopic (exact) mass is 344 g/mol. The number of fused-ring (bicyclic) bond motifs is 1. The van der Waals surface area contributed by atoms with Crippen LogP contribution in [0.1, 0.15) is 12.2 Å². The summed E-state index contributed by atoms with van der Waals surface area (Å²) in [4.78, 5) is 22.5. The first-order valence-electron chi connectivity index (χ1n) is 7.20. The van der Waals surface area contributed by atoms with Crippen LogP contribution in [0.2, 0.25) is 0 Å². The van der Waals surface area contributed by atoms with Crippen molar-refractivity contribution >= 4 is 39.3 Å². The van der Waals surface area contributed by atoms with E-state index in [9.17, 15) is 4.79 Å². The van der Waals surface area contributed by atoms with Gasteiger partial charge in [0.1, 0.15) is 15.7 Å². The largest absolute Gasteiger partial charge is 0.469 e. The van der Waals surface area contributed by atoms with E-state index in [1.54, 1.807) is 23.1 Å². The number of carbonyl (C=O) groups is 1. The summed E-state index contributed by atoms with van der Waals surface area (Å²) in [7, 11) is 1.41. The number of hydrogen-bond donors (Lipinski definition) is 0. The predicted octanol–water partition coefficient (Wildman–Crippen LogP) is 4.32. The summed E-state index contributed by atoms with van der Waals surface area (Å²) in [6, 6.07) is 12.4. The molecule has 6 heteroatoms. The van der Waals surface area contributed by atoms with Crippen molar-refractivity contribution in [2.75, 3.05) is 12.9 Å². The number of aromatic nitrogens is 2. The molecule has 0 atom stereocenters. The summed E-state index contributed by atoms with van der Waals surface area (Å²) in [5.41, 5.74) is 1.18. The molecule has 0 bridgehead atoms. The molecule has 0 N–H and O–H groups in total. The highest BCUT2D eigenvalue weighted by atomic mass is 32.2. The molecule has 0 aliphatic rings. The maximum Gasteiger partial charge on any atom is 0.306 e. The molecule has 3 rings (SSSR count). The molecule has 1 aromatic carbocycles. The molecule has 0 fully saturated rings. The van der Waals surface area contributed by atoms with Crippen LogP contribution in [0.25, 0.3) is 20.7 Å². The van der Waals surface area contributed by atoms with Crippen molar-refractivity contribution in [1.82, 2.24) is 9.97 Å². The van der Waals surface area contributed by atoms with Gasteiger partial charge in [-0.1, -0.05) is 30.3 Å². The van der Waals surface area contributed by atoms with E-state index in [-0.39, 0.29) is 5.97 Å². The summed E-state index contributed by atoms with van der Waals surface area (Å²) >= 11 is 3.24. The van der Waals surface area contributed by atoms with Crippen LogP contribution >= 0.6 is 23.1 Å². The molecular weight excluding hydrogens is 328 g/mol. The minimum atomic E-state index is -0.199. The second kappa shape index (κ2) is 7.10. The van der Waals surface area contributed by atoms with E-state index in [1.807, 2.05) is 25.1 Å². The van der Waals surface area contributed by atoms with Gasteiger partial charge in [0.2, 0.25) is 0 Å². The molecule has 0 aliphatic heterocycles. The predicted molar refractivity (Wildman–Crippen MR) is 94.9 cm³/mol. The van der Waals surface area contributed by atoms with E-state index >= 15 is 0 Å². The Labute approximate surface area is 142 Å². The van der Waals surface area contributed by atoms with Gasteiger partial charge in [0.25, 0.3) is 0 Å². The Morgan fingerprint density at radius 2 is 2.04 bits per heavy atom. The number of methoxy groups -OCH3 is 1. The highest BCUT2D eigenvalue weighted by molar-refractivity contribution is 7.99. The molecular formula is C17H16N2O2S2. The minimum absolute atomic E-state index is 0.199. The summed E-state index contributed by atoms with van der Waals surface area (Å²) in [5, 5.41) is 1.98. The Morgan fingerprint density at radius 3 is 2.78 bits per heavy atom. The molecule has 0 spiro atoms. The fourth-order valence-corrected chi connectivity index (χ4v) is 4.30. The number of carbonyl (C=O) groups excluding carboxylic acids is 1. The Balaban J connectivity index is 1.91. The Morgan fingerprint density at radius 1 is 1.26 bits per heavy atom. The number of ether oxygens (including phenoxy) is 1. The van der Waals surface area contributed by atoms with Crippen molar-refractivity contribution in [1.29, 1.82) is 0 Å². The van der Waals surface area contributed by atoms with Gasteiger partial charge in [0, 0.05) is 16.0 Å². The van der Waals surface area contributed by atoms with E-state index in [0.29, 0.717) is 12.2 Å². The van der Waals surface area contributed by atoms with Crippen LogP contribution in [0.15, 0.2) is 41.4 Å². The van der Waals surface area contributed by atoms with Crippen LogP contribution < -0.4 is 0 Å². The number of aryl methyl sites for hydroxylation is 1. The third kappa shape index (κ3) is 3.71. The van der Waals surface area contributed by atoms with E-state index in [4.69, 9.17) is 0 Å². The first-order valence-corrected chi connectivity index (χ1v) is 9.01. The molecule has 0 radical (unpaired) electrons. The standard InChI is InChI=1S/C17H16N2O2S2/c1-11-18-16(22-9-8-15(20)21-2)13-10-14(23-17(13)19-11)12-6-4-3-5-7-12/h3-7,10H,8-9H2,1-2H3. The third-order valence-electron chi connectivity index (χ3n) is 3.30. The normalized spacial score (nSPS) is 10.9. The molecule has 118 valence electrons. The van der Waals surface area contributed by atoms with Gasteiger partial charge in [-0.2, -0.15) is 0 Å². The summed E-state index contributed by atoms with van der Waals surface area (Å²) in [5.74, 6) is 1.20. The van der Waals surface area contributed by atoms with Crippen LogP contribution in [0.5, 0.6) is 0 Å². The lowest BCUT2D eigenvalue weighted by atomic mass is 10.2. The zero-order chi connectivity index (χ0) is 16.2. The van der Waals surface area contributed by atoms with Crippen molar-refractivity contribution in [3.63, 3.8) is 0 Å². The van der Waals surface area contributed by atoms with Crippen molar-refractivity contribution in [2.24, 2.45) is 0 Å². The highest BCUT2D eigenvalue weighted by Crippen LogP contribution is 2.36. The first kappa shape index (κ1) is 16.0. The average Bonchev–Trinajstić information content (AvgIpc) is 2.99. The topological polar surface area (TPSA) is 52.1 Å². The second-order valence-electron chi connectivity index (χ2n) is 4.95. The molecule has 23 heavy (non-hydrogen) atoms. The summed E-state index contributed by atoms with van der Waals surface area (Å²) in [6.07, 6.45) is 0.376. The lowest BCUT2D eigenvalue weighted by Crippen LogP contribution is -2.01. The number of thioether (sulfide) groups is 1. The van der Waals surface area contributed by atoms with Gasteiger partial charge in [-0.25, -0.2) is 9.97 Å². The number of hydrogen-bond acceptors (Lipinski definition) is 6. The fraction of sp³-hybridized carbons (Fsp3) is 0.235. The van der Waals surface area contributed by atoms with Gasteiger partial charge in [-0.05, 0) is 18.6 Å². The third-order valence-corrected chi connectivity index (χ3v) is 5.37. The van der Waals surface area contributed by atoms with Gasteiger partial charge in [-0.15, -0.1) is 23.1 Å². The fourth-order valence-electron chi connectivity index (χ4n) is 2.18. The van der Waals surface area contributed by atoms with Crippen molar-refractivity contribution in [3.05, 3.63) is 42.2 Å². The van der Waals surface area contributed by atoms with Crippen molar-refractivity contribution in [2.45, 2.75) is 18.4 Å². The second-order valence-corrected chi connectivity index (χ2v) is 7.06. The number of esters is 1. The van der Waals surface area contributed by atoms with E-state index in [1.165, 1.54) is 17.6 Å². The maximum absolute atomic E-state index is 11.3. The number of benzene rings is 1. The van der Waals surface area contributed by atoms with Crippen molar-refractivity contribution in [3.8, 4) is 10.4 Å². The molecule has 0 amide bonds. The Hall–Kier alpha value is -1.92. The number of thiophene rings is 1. The summed E-state index contributed by atoms with van der Waals surface area (Å²) in [6.45, 7) is 1.89. The average molecular weight is 344 g/mol. The first-order chi connectivity index (χ1) is 11.2. The number of nitrogens with zero attached hydrogens (tertiary/aromatic N) is 2. The molecule has 3 aromatic rings. The molecule has 0 saturated heterocycles. The SMILES string of the molecule is COC(=O)CCSc1nc(C)nc2sc(-c3ccccc3)cc12. The number of rotatable bonds is 5. The maximum atomic E-state index is 11.3. The smallest absolute Gasteiger partial charge is 0.306 e. The van der Waals surface area contributed by atoms with Crippen LogP contribution in [0, 0.1) is 6.92 Å². The molecule has 0 saturated carbocycles. The molecule has 0 aliphatic carbocycles. The van der Waals surface area contributed by atoms with Gasteiger partial charge in [-0.3, -0.25) is 4.79 Å². The Kier molecular flexibility index (Phi) is 4.93. The van der Waals surface area contributed by atoms with Gasteiger partial charge >= 0.3 is 5.97 Å². The van der Waals surface area contributed by atoms with E-state index in [0.717, 1.165) is 21.1 Å². The lowest BCUT2D eigenvalue weighted by molar-refractivity contribution is -0.140. The molecule has 2 heterocycles. The molecule has 0 unspecified atom stereocenters. The zero-order valence-electron chi connectivity index (χ0n) is 12.9. The van der Waals surface area contributed by atoms with E-state index < -0.39 is 0 Å². The van der Waals surface area contributed by atoms with Gasteiger partial charge in [0.05, 0.1) is 13.5 Å². The summed E-state index contributed by atoms with van der Waals surface area (Å²) < 4.78 is 4.68. The van der Waals surface area contributed by atoms with Gasteiger partial charge < -0.3 is 4.74 Å². The van der Waals surface area contributed by atoms with Gasteiger partial charge in [0.15, 0.2) is 0 Å². The minimum Gasteiger partial charge on any atom is -0.469 e. The molecule has 2 aromatic heterocycles. The van der Waals surface area contributed by atoms with Crippen LogP contribution in [-0.4, -0.2) is 28.8 Å². The van der Waals surface area contributed by atoms with Crippen LogP contribution in [-0.2, 0) is 9.53 Å². The van der Waals surface area contributed by atoms with E-state index in [2.05, 4.69) is 32.9 Å². The zero-order valence-corrected chi connectivity index (χ0v) is 14.5. The molecule has 4 nitrogen and oxygen atoms in total. The van der Waals surface area contributed by atoms with Crippen LogP contribution in [0.4, 0.5) is 0 Å².